The number of sulfonamides is 1. The summed E-state index contributed by atoms with van der Waals surface area (Å²) in [6, 6.07) is 12.4. The minimum absolute atomic E-state index is 0.229. The molecule has 0 unspecified atom stereocenters. The molecule has 4 rings (SSSR count). The van der Waals surface area contributed by atoms with Gasteiger partial charge in [-0.25, -0.2) is 8.42 Å². The van der Waals surface area contributed by atoms with Crippen molar-refractivity contribution in [3.63, 3.8) is 0 Å². The van der Waals surface area contributed by atoms with Gasteiger partial charge in [0.25, 0.3) is 5.91 Å². The van der Waals surface area contributed by atoms with Gasteiger partial charge >= 0.3 is 0 Å². The van der Waals surface area contributed by atoms with Crippen molar-refractivity contribution in [2.75, 3.05) is 13.1 Å². The Morgan fingerprint density at radius 1 is 1.03 bits per heavy atom. The Balaban J connectivity index is 1.62. The van der Waals surface area contributed by atoms with Crippen molar-refractivity contribution in [1.82, 2.24) is 8.87 Å². The summed E-state index contributed by atoms with van der Waals surface area (Å²) in [5.41, 5.74) is 2.60. The van der Waals surface area contributed by atoms with Crippen molar-refractivity contribution in [3.05, 3.63) is 58.4 Å². The molecule has 0 N–H and O–H groups in total. The molecule has 1 amide bonds. The SMILES string of the molecule is CCn1c(=NC(=O)c2ccc(S(=O)(=O)N3CCCCCC3)cc2)sc2cc(C)ccc21. The van der Waals surface area contributed by atoms with E-state index in [1.807, 2.05) is 18.4 Å². The van der Waals surface area contributed by atoms with Crippen LogP contribution in [0.4, 0.5) is 0 Å². The van der Waals surface area contributed by atoms with Gasteiger partial charge in [-0.15, -0.1) is 0 Å². The Morgan fingerprint density at radius 3 is 2.35 bits per heavy atom. The number of aryl methyl sites for hydroxylation is 2. The first-order valence-corrected chi connectivity index (χ1v) is 12.9. The second kappa shape index (κ2) is 9.06. The first-order chi connectivity index (χ1) is 14.9. The number of hydrogen-bond acceptors (Lipinski definition) is 4. The van der Waals surface area contributed by atoms with Crippen molar-refractivity contribution in [3.8, 4) is 0 Å². The number of carbonyl (C=O) groups is 1. The Hall–Kier alpha value is -2.29. The van der Waals surface area contributed by atoms with E-state index in [0.717, 1.165) is 41.5 Å². The van der Waals surface area contributed by atoms with Crippen LogP contribution in [0.25, 0.3) is 10.2 Å². The van der Waals surface area contributed by atoms with E-state index in [2.05, 4.69) is 23.2 Å². The fraction of sp³-hybridized carbons (Fsp3) is 0.391. The van der Waals surface area contributed by atoms with Crippen LogP contribution < -0.4 is 4.80 Å². The lowest BCUT2D eigenvalue weighted by Gasteiger charge is -2.19. The lowest BCUT2D eigenvalue weighted by molar-refractivity contribution is 0.0997. The third-order valence-electron chi connectivity index (χ3n) is 5.66. The maximum atomic E-state index is 12.9. The highest BCUT2D eigenvalue weighted by molar-refractivity contribution is 7.89. The number of amides is 1. The molecule has 2 heterocycles. The molecule has 1 aliphatic rings. The molecule has 0 radical (unpaired) electrons. The van der Waals surface area contributed by atoms with Crippen molar-refractivity contribution < 1.29 is 13.2 Å². The highest BCUT2D eigenvalue weighted by atomic mass is 32.2. The largest absolute Gasteiger partial charge is 0.317 e. The van der Waals surface area contributed by atoms with Crippen LogP contribution >= 0.6 is 11.3 Å². The number of thiazole rings is 1. The molecule has 0 spiro atoms. The van der Waals surface area contributed by atoms with Crippen LogP contribution in [0.3, 0.4) is 0 Å². The molecule has 1 fully saturated rings. The van der Waals surface area contributed by atoms with Crippen LogP contribution in [0.15, 0.2) is 52.4 Å². The lowest BCUT2D eigenvalue weighted by Crippen LogP contribution is -2.31. The van der Waals surface area contributed by atoms with Gasteiger partial charge in [0.05, 0.1) is 15.1 Å². The van der Waals surface area contributed by atoms with Gasteiger partial charge in [-0.2, -0.15) is 9.30 Å². The second-order valence-electron chi connectivity index (χ2n) is 7.86. The smallest absolute Gasteiger partial charge is 0.279 e. The summed E-state index contributed by atoms with van der Waals surface area (Å²) in [6.07, 6.45) is 3.91. The number of rotatable bonds is 4. The van der Waals surface area contributed by atoms with Gasteiger partial charge in [-0.05, 0) is 68.7 Å². The van der Waals surface area contributed by atoms with Crippen molar-refractivity contribution >= 4 is 37.5 Å². The summed E-state index contributed by atoms with van der Waals surface area (Å²) in [4.78, 5) is 18.0. The number of nitrogens with zero attached hydrogens (tertiary/aromatic N) is 3. The molecule has 31 heavy (non-hydrogen) atoms. The molecule has 8 heteroatoms. The van der Waals surface area contributed by atoms with Crippen molar-refractivity contribution in [1.29, 1.82) is 0 Å². The van der Waals surface area contributed by atoms with Crippen LogP contribution in [-0.4, -0.2) is 36.3 Å². The Bertz CT molecular complexity index is 1260. The fourth-order valence-corrected chi connectivity index (χ4v) is 6.63. The molecule has 164 valence electrons. The van der Waals surface area contributed by atoms with E-state index in [9.17, 15) is 13.2 Å². The minimum Gasteiger partial charge on any atom is -0.317 e. The Morgan fingerprint density at radius 2 is 1.71 bits per heavy atom. The van der Waals surface area contributed by atoms with E-state index in [-0.39, 0.29) is 10.8 Å². The molecule has 0 saturated carbocycles. The zero-order chi connectivity index (χ0) is 22.0. The van der Waals surface area contributed by atoms with Gasteiger partial charge in [0, 0.05) is 25.2 Å². The van der Waals surface area contributed by atoms with Crippen LogP contribution in [0.5, 0.6) is 0 Å². The fourth-order valence-electron chi connectivity index (χ4n) is 3.92. The van der Waals surface area contributed by atoms with Gasteiger partial charge in [0.2, 0.25) is 10.0 Å². The maximum Gasteiger partial charge on any atom is 0.279 e. The number of carbonyl (C=O) groups excluding carboxylic acids is 1. The molecule has 1 aromatic heterocycles. The Labute approximate surface area is 186 Å². The van der Waals surface area contributed by atoms with Crippen LogP contribution in [-0.2, 0) is 16.6 Å². The molecule has 0 atom stereocenters. The van der Waals surface area contributed by atoms with Gasteiger partial charge in [-0.3, -0.25) is 4.79 Å². The third-order valence-corrected chi connectivity index (χ3v) is 8.61. The van der Waals surface area contributed by atoms with Gasteiger partial charge in [0.15, 0.2) is 4.80 Å². The molecular weight excluding hydrogens is 430 g/mol. The number of fused-ring (bicyclic) bond motifs is 1. The van der Waals surface area contributed by atoms with Crippen LogP contribution in [0.1, 0.15) is 48.5 Å². The number of hydrogen-bond donors (Lipinski definition) is 0. The van der Waals surface area contributed by atoms with E-state index >= 15 is 0 Å². The number of aromatic nitrogens is 1. The summed E-state index contributed by atoms with van der Waals surface area (Å²) in [5, 5.41) is 0. The molecule has 3 aromatic rings. The second-order valence-corrected chi connectivity index (χ2v) is 10.8. The van der Waals surface area contributed by atoms with E-state index in [4.69, 9.17) is 0 Å². The topological polar surface area (TPSA) is 71.7 Å². The van der Waals surface area contributed by atoms with E-state index in [0.29, 0.717) is 30.0 Å². The molecule has 6 nitrogen and oxygen atoms in total. The summed E-state index contributed by atoms with van der Waals surface area (Å²) in [7, 11) is -3.53. The van der Waals surface area contributed by atoms with E-state index in [1.54, 1.807) is 16.4 Å². The normalized spacial score (nSPS) is 16.5. The molecular formula is C23H27N3O3S2. The van der Waals surface area contributed by atoms with E-state index in [1.165, 1.54) is 23.5 Å². The average molecular weight is 458 g/mol. The first-order valence-electron chi connectivity index (χ1n) is 10.7. The van der Waals surface area contributed by atoms with Crippen molar-refractivity contribution in [2.24, 2.45) is 4.99 Å². The van der Waals surface area contributed by atoms with Gasteiger partial charge in [0.1, 0.15) is 0 Å². The van der Waals surface area contributed by atoms with Crippen LogP contribution in [0.2, 0.25) is 0 Å². The first kappa shape index (κ1) is 21.9. The van der Waals surface area contributed by atoms with Crippen LogP contribution in [0, 0.1) is 6.92 Å². The number of benzene rings is 2. The minimum atomic E-state index is -3.53. The molecule has 0 aliphatic carbocycles. The predicted molar refractivity (Wildman–Crippen MR) is 124 cm³/mol. The molecule has 2 aromatic carbocycles. The van der Waals surface area contributed by atoms with Crippen molar-refractivity contribution in [2.45, 2.75) is 51.0 Å². The average Bonchev–Trinajstić information content (AvgIpc) is 2.92. The molecule has 1 saturated heterocycles. The lowest BCUT2D eigenvalue weighted by atomic mass is 10.2. The Kier molecular flexibility index (Phi) is 6.41. The highest BCUT2D eigenvalue weighted by Crippen LogP contribution is 2.22. The summed E-state index contributed by atoms with van der Waals surface area (Å²) >= 11 is 1.49. The monoisotopic (exact) mass is 457 g/mol. The highest BCUT2D eigenvalue weighted by Gasteiger charge is 2.25. The van der Waals surface area contributed by atoms with Gasteiger partial charge in [-0.1, -0.05) is 30.2 Å². The zero-order valence-electron chi connectivity index (χ0n) is 17.9. The molecule has 0 bridgehead atoms. The predicted octanol–water partition coefficient (Wildman–Crippen LogP) is 4.34. The quantitative estimate of drug-likeness (QED) is 0.585. The zero-order valence-corrected chi connectivity index (χ0v) is 19.5. The van der Waals surface area contributed by atoms with E-state index < -0.39 is 10.0 Å². The standard InChI is InChI=1S/C23H27N3O3S2/c1-3-26-20-13-8-17(2)16-21(20)30-23(26)24-22(27)18-9-11-19(12-10-18)31(28,29)25-14-6-4-5-7-15-25/h8-13,16H,3-7,14-15H2,1-2H3. The summed E-state index contributed by atoms with van der Waals surface area (Å²) in [5.74, 6) is -0.371. The molecule has 1 aliphatic heterocycles. The van der Waals surface area contributed by atoms with Gasteiger partial charge < -0.3 is 4.57 Å². The summed E-state index contributed by atoms with van der Waals surface area (Å²) < 4.78 is 30.6. The maximum absolute atomic E-state index is 12.9. The summed E-state index contributed by atoms with van der Waals surface area (Å²) in [6.45, 7) is 5.89. The third kappa shape index (κ3) is 4.51.